The smallest absolute Gasteiger partial charge is 0.410 e. The normalized spacial score (nSPS) is 17.6. The van der Waals surface area contributed by atoms with Crippen LogP contribution in [0.4, 0.5) is 14.4 Å². The summed E-state index contributed by atoms with van der Waals surface area (Å²) < 4.78 is 32.7. The van der Waals surface area contributed by atoms with Crippen LogP contribution >= 0.6 is 0 Å². The molecule has 0 aromatic heterocycles. The lowest BCUT2D eigenvalue weighted by atomic mass is 10.0. The SMILES string of the molecule is O=C(Oc1ccc(CCc2cc(OC(=O)N3CCOCC3)cc(OC(=O)N3CCOCC3)c2)cc1)N1CCOCC1. The fourth-order valence-electron chi connectivity index (χ4n) is 4.64. The Labute approximate surface area is 238 Å². The van der Waals surface area contributed by atoms with Crippen molar-refractivity contribution in [3.05, 3.63) is 53.6 Å². The van der Waals surface area contributed by atoms with Crippen molar-refractivity contribution in [3.8, 4) is 17.2 Å². The lowest BCUT2D eigenvalue weighted by Gasteiger charge is -2.26. The zero-order chi connectivity index (χ0) is 28.4. The quantitative estimate of drug-likeness (QED) is 0.518. The Kier molecular flexibility index (Phi) is 9.89. The van der Waals surface area contributed by atoms with E-state index in [1.165, 1.54) is 0 Å². The number of rotatable bonds is 6. The molecule has 0 radical (unpaired) electrons. The minimum atomic E-state index is -0.474. The molecule has 2 aromatic rings. The van der Waals surface area contributed by atoms with Crippen LogP contribution in [0.15, 0.2) is 42.5 Å². The average Bonchev–Trinajstić information content (AvgIpc) is 3.02. The topological polar surface area (TPSA) is 116 Å². The molecule has 0 unspecified atom stereocenters. The van der Waals surface area contributed by atoms with Crippen LogP contribution < -0.4 is 14.2 Å². The maximum absolute atomic E-state index is 12.7. The van der Waals surface area contributed by atoms with Gasteiger partial charge < -0.3 is 43.1 Å². The van der Waals surface area contributed by atoms with E-state index in [0.29, 0.717) is 109 Å². The molecule has 12 heteroatoms. The number of hydrogen-bond acceptors (Lipinski definition) is 9. The molecule has 3 aliphatic heterocycles. The Morgan fingerprint density at radius 3 is 1.29 bits per heavy atom. The van der Waals surface area contributed by atoms with Crippen LogP contribution in [0.1, 0.15) is 11.1 Å². The summed E-state index contributed by atoms with van der Waals surface area (Å²) in [6.07, 6.45) is -0.0761. The van der Waals surface area contributed by atoms with Crippen molar-refractivity contribution >= 4 is 18.3 Å². The van der Waals surface area contributed by atoms with Crippen molar-refractivity contribution in [1.82, 2.24) is 14.7 Å². The number of ether oxygens (including phenoxy) is 6. The van der Waals surface area contributed by atoms with Gasteiger partial charge in [-0.2, -0.15) is 0 Å². The molecule has 0 atom stereocenters. The largest absolute Gasteiger partial charge is 0.415 e. The van der Waals surface area contributed by atoms with E-state index < -0.39 is 12.2 Å². The Hall–Kier alpha value is -3.87. The minimum absolute atomic E-state index is 0.300. The highest BCUT2D eigenvalue weighted by Gasteiger charge is 2.22. The van der Waals surface area contributed by atoms with Gasteiger partial charge in [0.05, 0.1) is 39.6 Å². The molecule has 3 saturated heterocycles. The van der Waals surface area contributed by atoms with Gasteiger partial charge in [-0.25, -0.2) is 14.4 Å². The van der Waals surface area contributed by atoms with Gasteiger partial charge >= 0.3 is 18.3 Å². The van der Waals surface area contributed by atoms with E-state index in [2.05, 4.69) is 0 Å². The first-order chi connectivity index (χ1) is 20.0. The molecule has 5 rings (SSSR count). The highest BCUT2D eigenvalue weighted by atomic mass is 16.6. The summed E-state index contributed by atoms with van der Waals surface area (Å²) >= 11 is 0. The molecule has 0 N–H and O–H groups in total. The van der Waals surface area contributed by atoms with Gasteiger partial charge in [-0.05, 0) is 48.2 Å². The van der Waals surface area contributed by atoms with Crippen LogP contribution in [0.3, 0.4) is 0 Å². The average molecular weight is 570 g/mol. The lowest BCUT2D eigenvalue weighted by Crippen LogP contribution is -2.42. The summed E-state index contributed by atoms with van der Waals surface area (Å²) in [5.74, 6) is 1.07. The third-order valence-electron chi connectivity index (χ3n) is 6.99. The summed E-state index contributed by atoms with van der Waals surface area (Å²) in [6.45, 7) is 5.71. The lowest BCUT2D eigenvalue weighted by molar-refractivity contribution is 0.0409. The molecule has 3 heterocycles. The van der Waals surface area contributed by atoms with E-state index in [1.54, 1.807) is 45.0 Å². The molecule has 12 nitrogen and oxygen atoms in total. The number of hydrogen-bond donors (Lipinski definition) is 0. The second-order valence-electron chi connectivity index (χ2n) is 9.86. The molecular weight excluding hydrogens is 534 g/mol. The van der Waals surface area contributed by atoms with E-state index in [9.17, 15) is 14.4 Å². The van der Waals surface area contributed by atoms with Crippen LogP contribution in [0, 0.1) is 0 Å². The fourth-order valence-corrected chi connectivity index (χ4v) is 4.64. The van der Waals surface area contributed by atoms with Crippen LogP contribution in [0.25, 0.3) is 0 Å². The summed E-state index contributed by atoms with van der Waals surface area (Å²) in [7, 11) is 0. The summed E-state index contributed by atoms with van der Waals surface area (Å²) in [6, 6.07) is 12.5. The zero-order valence-corrected chi connectivity index (χ0v) is 23.0. The summed E-state index contributed by atoms with van der Waals surface area (Å²) in [5.41, 5.74) is 1.86. The number of carbonyl (C=O) groups excluding carboxylic acids is 3. The highest BCUT2D eigenvalue weighted by molar-refractivity contribution is 5.73. The van der Waals surface area contributed by atoms with E-state index >= 15 is 0 Å². The van der Waals surface area contributed by atoms with Crippen molar-refractivity contribution < 1.29 is 42.8 Å². The maximum Gasteiger partial charge on any atom is 0.415 e. The van der Waals surface area contributed by atoms with Crippen molar-refractivity contribution in [2.24, 2.45) is 0 Å². The third kappa shape index (κ3) is 8.32. The maximum atomic E-state index is 12.7. The van der Waals surface area contributed by atoms with Crippen molar-refractivity contribution in [2.45, 2.75) is 12.8 Å². The first-order valence-electron chi connectivity index (χ1n) is 13.9. The highest BCUT2D eigenvalue weighted by Crippen LogP contribution is 2.26. The second-order valence-corrected chi connectivity index (χ2v) is 9.86. The zero-order valence-electron chi connectivity index (χ0n) is 23.0. The van der Waals surface area contributed by atoms with Crippen LogP contribution in [-0.2, 0) is 27.1 Å². The summed E-state index contributed by atoms with van der Waals surface area (Å²) in [4.78, 5) is 42.6. The van der Waals surface area contributed by atoms with Gasteiger partial charge in [-0.3, -0.25) is 0 Å². The van der Waals surface area contributed by atoms with Crippen LogP contribution in [0.2, 0.25) is 0 Å². The van der Waals surface area contributed by atoms with Crippen molar-refractivity contribution in [3.63, 3.8) is 0 Å². The number of aryl methyl sites for hydroxylation is 2. The molecule has 3 amide bonds. The summed E-state index contributed by atoms with van der Waals surface area (Å²) in [5, 5.41) is 0. The molecule has 0 saturated carbocycles. The number of benzene rings is 2. The fraction of sp³-hybridized carbons (Fsp3) is 0.483. The molecule has 41 heavy (non-hydrogen) atoms. The molecule has 0 bridgehead atoms. The minimum Gasteiger partial charge on any atom is -0.410 e. The van der Waals surface area contributed by atoms with Crippen LogP contribution in [-0.4, -0.2) is 112 Å². The van der Waals surface area contributed by atoms with E-state index in [1.807, 2.05) is 12.1 Å². The Balaban J connectivity index is 1.23. The van der Waals surface area contributed by atoms with Gasteiger partial charge in [0.2, 0.25) is 0 Å². The third-order valence-corrected chi connectivity index (χ3v) is 6.99. The first kappa shape index (κ1) is 28.7. The monoisotopic (exact) mass is 569 g/mol. The predicted molar refractivity (Wildman–Crippen MR) is 146 cm³/mol. The second kappa shape index (κ2) is 14.2. The van der Waals surface area contributed by atoms with Gasteiger partial charge in [0, 0.05) is 45.3 Å². The van der Waals surface area contributed by atoms with Crippen molar-refractivity contribution in [2.75, 3.05) is 78.9 Å². The predicted octanol–water partition coefficient (Wildman–Crippen LogP) is 2.96. The van der Waals surface area contributed by atoms with Crippen molar-refractivity contribution in [1.29, 1.82) is 0 Å². The van der Waals surface area contributed by atoms with Gasteiger partial charge in [-0.1, -0.05) is 12.1 Å². The molecule has 2 aromatic carbocycles. The number of carbonyl (C=O) groups is 3. The number of amides is 3. The molecule has 220 valence electrons. The molecule has 0 spiro atoms. The van der Waals surface area contributed by atoms with Crippen LogP contribution in [0.5, 0.6) is 17.2 Å². The van der Waals surface area contributed by atoms with E-state index in [-0.39, 0.29) is 6.09 Å². The molecule has 0 aliphatic carbocycles. The molecule has 3 aliphatic rings. The standard InChI is InChI=1S/C29H35N3O9/c33-27(30-7-13-36-14-8-30)39-24-5-3-22(4-6-24)1-2-23-19-25(40-28(34)31-9-15-37-16-10-31)21-26(20-23)41-29(35)32-11-17-38-18-12-32/h3-6,19-21H,1-2,7-18H2. The van der Waals surface area contributed by atoms with Gasteiger partial charge in [0.15, 0.2) is 0 Å². The van der Waals surface area contributed by atoms with E-state index in [4.69, 9.17) is 28.4 Å². The Bertz CT molecular complexity index is 1140. The first-order valence-corrected chi connectivity index (χ1v) is 13.9. The Morgan fingerprint density at radius 1 is 0.512 bits per heavy atom. The number of nitrogens with zero attached hydrogens (tertiary/aromatic N) is 3. The van der Waals surface area contributed by atoms with Gasteiger partial charge in [0.1, 0.15) is 17.2 Å². The van der Waals surface area contributed by atoms with Gasteiger partial charge in [-0.15, -0.1) is 0 Å². The van der Waals surface area contributed by atoms with E-state index in [0.717, 1.165) is 11.1 Å². The molecular formula is C29H35N3O9. The molecule has 3 fully saturated rings. The van der Waals surface area contributed by atoms with Gasteiger partial charge in [0.25, 0.3) is 0 Å². The Morgan fingerprint density at radius 2 is 0.878 bits per heavy atom. The number of morpholine rings is 3.